The van der Waals surface area contributed by atoms with Gasteiger partial charge in [0.1, 0.15) is 11.6 Å². The second kappa shape index (κ2) is 7.87. The molecule has 3 aromatic carbocycles. The van der Waals surface area contributed by atoms with Gasteiger partial charge in [0.05, 0.1) is 23.7 Å². The number of anilines is 1. The molecule has 0 aromatic heterocycles. The molecular formula is C22H20FNO5S. The van der Waals surface area contributed by atoms with Crippen molar-refractivity contribution in [2.24, 2.45) is 0 Å². The Bertz CT molecular complexity index is 1150. The standard InChI is InChI=1S/C22H20FNO5S/c1-15(16-3-5-17(23)6-4-16)24(18-7-12-21-22(13-18)29-14-28-21)30(25,26)20-10-8-19(27-2)9-11-20/h3-13,15H,14H2,1-2H3/t15-/m0/s1. The summed E-state index contributed by atoms with van der Waals surface area (Å²) in [6, 6.07) is 16.3. The van der Waals surface area contributed by atoms with Crippen LogP contribution in [0.1, 0.15) is 18.5 Å². The Labute approximate surface area is 174 Å². The molecule has 0 bridgehead atoms. The van der Waals surface area contributed by atoms with E-state index in [1.807, 2.05) is 0 Å². The van der Waals surface area contributed by atoms with Gasteiger partial charge in [0.15, 0.2) is 11.5 Å². The van der Waals surface area contributed by atoms with Gasteiger partial charge in [-0.25, -0.2) is 12.8 Å². The van der Waals surface area contributed by atoms with Crippen LogP contribution in [0.3, 0.4) is 0 Å². The van der Waals surface area contributed by atoms with Crippen LogP contribution in [0.15, 0.2) is 71.6 Å². The summed E-state index contributed by atoms with van der Waals surface area (Å²) in [6.07, 6.45) is 0. The minimum absolute atomic E-state index is 0.0809. The molecule has 0 fully saturated rings. The van der Waals surface area contributed by atoms with E-state index in [0.29, 0.717) is 28.5 Å². The fraction of sp³-hybridized carbons (Fsp3) is 0.182. The highest BCUT2D eigenvalue weighted by atomic mass is 32.2. The van der Waals surface area contributed by atoms with Crippen molar-refractivity contribution in [3.05, 3.63) is 78.1 Å². The normalized spacial score (nSPS) is 13.7. The number of methoxy groups -OCH3 is 1. The fourth-order valence-electron chi connectivity index (χ4n) is 3.33. The van der Waals surface area contributed by atoms with Gasteiger partial charge in [-0.15, -0.1) is 0 Å². The number of sulfonamides is 1. The third kappa shape index (κ3) is 3.66. The fourth-order valence-corrected chi connectivity index (χ4v) is 4.97. The van der Waals surface area contributed by atoms with Crippen LogP contribution in [0.25, 0.3) is 0 Å². The highest BCUT2D eigenvalue weighted by Crippen LogP contribution is 2.40. The van der Waals surface area contributed by atoms with Crippen molar-refractivity contribution >= 4 is 15.7 Å². The number of rotatable bonds is 6. The lowest BCUT2D eigenvalue weighted by Gasteiger charge is -2.31. The summed E-state index contributed by atoms with van der Waals surface area (Å²) in [5.41, 5.74) is 1.05. The minimum atomic E-state index is -3.97. The Morgan fingerprint density at radius 2 is 1.63 bits per heavy atom. The molecule has 0 radical (unpaired) electrons. The number of hydrogen-bond donors (Lipinski definition) is 0. The predicted octanol–water partition coefficient (Wildman–Crippen LogP) is 4.52. The van der Waals surface area contributed by atoms with Gasteiger partial charge in [0.2, 0.25) is 6.79 Å². The van der Waals surface area contributed by atoms with Crippen molar-refractivity contribution in [2.45, 2.75) is 17.9 Å². The Hall–Kier alpha value is -3.26. The van der Waals surface area contributed by atoms with Gasteiger partial charge in [0.25, 0.3) is 10.0 Å². The summed E-state index contributed by atoms with van der Waals surface area (Å²) in [5.74, 6) is 1.18. The van der Waals surface area contributed by atoms with E-state index in [-0.39, 0.29) is 11.7 Å². The minimum Gasteiger partial charge on any atom is -0.497 e. The summed E-state index contributed by atoms with van der Waals surface area (Å²) < 4.78 is 57.9. The van der Waals surface area contributed by atoms with Crippen LogP contribution in [-0.2, 0) is 10.0 Å². The average Bonchev–Trinajstić information content (AvgIpc) is 3.22. The van der Waals surface area contributed by atoms with Crippen molar-refractivity contribution in [1.82, 2.24) is 0 Å². The maximum atomic E-state index is 13.7. The Kier molecular flexibility index (Phi) is 5.26. The molecule has 0 saturated carbocycles. The largest absolute Gasteiger partial charge is 0.497 e. The van der Waals surface area contributed by atoms with Crippen LogP contribution in [-0.4, -0.2) is 22.3 Å². The van der Waals surface area contributed by atoms with E-state index in [2.05, 4.69) is 0 Å². The first-order chi connectivity index (χ1) is 14.4. The van der Waals surface area contributed by atoms with E-state index >= 15 is 0 Å². The van der Waals surface area contributed by atoms with Crippen molar-refractivity contribution in [3.8, 4) is 17.2 Å². The molecule has 1 atom stereocenters. The zero-order valence-corrected chi connectivity index (χ0v) is 17.2. The third-order valence-electron chi connectivity index (χ3n) is 4.93. The van der Waals surface area contributed by atoms with Crippen molar-refractivity contribution in [2.75, 3.05) is 18.2 Å². The molecule has 1 heterocycles. The zero-order valence-electron chi connectivity index (χ0n) is 16.4. The highest BCUT2D eigenvalue weighted by molar-refractivity contribution is 7.92. The number of benzene rings is 3. The maximum absolute atomic E-state index is 13.7. The third-order valence-corrected chi connectivity index (χ3v) is 6.84. The van der Waals surface area contributed by atoms with E-state index in [1.54, 1.807) is 49.4 Å². The first kappa shape index (κ1) is 20.0. The number of halogens is 1. The lowest BCUT2D eigenvalue weighted by Crippen LogP contribution is -2.33. The summed E-state index contributed by atoms with van der Waals surface area (Å²) in [5, 5.41) is 0. The first-order valence-corrected chi connectivity index (χ1v) is 10.7. The highest BCUT2D eigenvalue weighted by Gasteiger charge is 2.31. The maximum Gasteiger partial charge on any atom is 0.264 e. The van der Waals surface area contributed by atoms with Crippen LogP contribution < -0.4 is 18.5 Å². The van der Waals surface area contributed by atoms with Gasteiger partial charge in [-0.2, -0.15) is 0 Å². The molecule has 0 amide bonds. The molecule has 156 valence electrons. The second-order valence-corrected chi connectivity index (χ2v) is 8.56. The van der Waals surface area contributed by atoms with Crippen molar-refractivity contribution < 1.29 is 27.0 Å². The van der Waals surface area contributed by atoms with Crippen molar-refractivity contribution in [1.29, 1.82) is 0 Å². The van der Waals surface area contributed by atoms with Crippen LogP contribution in [0.4, 0.5) is 10.1 Å². The van der Waals surface area contributed by atoms with Crippen LogP contribution in [0.5, 0.6) is 17.2 Å². The molecule has 0 unspecified atom stereocenters. The molecule has 3 aromatic rings. The SMILES string of the molecule is COc1ccc(S(=O)(=O)N(c2ccc3c(c2)OCO3)[C@@H](C)c2ccc(F)cc2)cc1. The molecule has 1 aliphatic rings. The zero-order chi connectivity index (χ0) is 21.3. The topological polar surface area (TPSA) is 65.1 Å². The first-order valence-electron chi connectivity index (χ1n) is 9.24. The molecule has 0 spiro atoms. The number of ether oxygens (including phenoxy) is 3. The van der Waals surface area contributed by atoms with Gasteiger partial charge in [-0.05, 0) is 61.0 Å². The number of hydrogen-bond acceptors (Lipinski definition) is 5. The van der Waals surface area contributed by atoms with Gasteiger partial charge in [-0.1, -0.05) is 12.1 Å². The molecule has 8 heteroatoms. The van der Waals surface area contributed by atoms with Crippen LogP contribution in [0.2, 0.25) is 0 Å². The monoisotopic (exact) mass is 429 g/mol. The molecular weight excluding hydrogens is 409 g/mol. The van der Waals surface area contributed by atoms with Crippen LogP contribution in [0, 0.1) is 5.82 Å². The summed E-state index contributed by atoms with van der Waals surface area (Å²) in [7, 11) is -2.45. The van der Waals surface area contributed by atoms with Gasteiger partial charge in [0, 0.05) is 6.07 Å². The lowest BCUT2D eigenvalue weighted by atomic mass is 10.1. The Balaban J connectivity index is 1.82. The predicted molar refractivity (Wildman–Crippen MR) is 110 cm³/mol. The second-order valence-electron chi connectivity index (χ2n) is 6.74. The number of fused-ring (bicyclic) bond motifs is 1. The van der Waals surface area contributed by atoms with E-state index < -0.39 is 21.9 Å². The molecule has 0 aliphatic carbocycles. The smallest absolute Gasteiger partial charge is 0.264 e. The summed E-state index contributed by atoms with van der Waals surface area (Å²) in [6.45, 7) is 1.83. The molecule has 30 heavy (non-hydrogen) atoms. The van der Waals surface area contributed by atoms with E-state index in [4.69, 9.17) is 14.2 Å². The van der Waals surface area contributed by atoms with Gasteiger partial charge >= 0.3 is 0 Å². The molecule has 4 rings (SSSR count). The summed E-state index contributed by atoms with van der Waals surface area (Å²) in [4.78, 5) is 0.106. The average molecular weight is 429 g/mol. The number of nitrogens with zero attached hydrogens (tertiary/aromatic N) is 1. The van der Waals surface area contributed by atoms with Crippen LogP contribution >= 0.6 is 0 Å². The van der Waals surface area contributed by atoms with Gasteiger partial charge < -0.3 is 14.2 Å². The van der Waals surface area contributed by atoms with E-state index in [1.165, 1.54) is 35.7 Å². The molecule has 0 saturated heterocycles. The Morgan fingerprint density at radius 1 is 0.967 bits per heavy atom. The Morgan fingerprint density at radius 3 is 2.30 bits per heavy atom. The molecule has 6 nitrogen and oxygen atoms in total. The van der Waals surface area contributed by atoms with E-state index in [9.17, 15) is 12.8 Å². The quantitative estimate of drug-likeness (QED) is 0.577. The van der Waals surface area contributed by atoms with Crippen molar-refractivity contribution in [3.63, 3.8) is 0 Å². The van der Waals surface area contributed by atoms with Gasteiger partial charge in [-0.3, -0.25) is 4.31 Å². The lowest BCUT2D eigenvalue weighted by molar-refractivity contribution is 0.174. The van der Waals surface area contributed by atoms with E-state index in [0.717, 1.165) is 0 Å². The molecule has 1 aliphatic heterocycles. The molecule has 0 N–H and O–H groups in total. The summed E-state index contributed by atoms with van der Waals surface area (Å²) >= 11 is 0.